The number of hydrogen-bond donors (Lipinski definition) is 0. The van der Waals surface area contributed by atoms with E-state index in [9.17, 15) is 0 Å². The highest BCUT2D eigenvalue weighted by atomic mass is 32.2. The van der Waals surface area contributed by atoms with Gasteiger partial charge in [0.05, 0.1) is 11.4 Å². The van der Waals surface area contributed by atoms with Crippen LogP contribution in [0.2, 0.25) is 0 Å². The summed E-state index contributed by atoms with van der Waals surface area (Å²) in [7, 11) is 0. The Hall–Kier alpha value is -2.93. The van der Waals surface area contributed by atoms with Crippen molar-refractivity contribution in [2.75, 3.05) is 0 Å². The smallest absolute Gasteiger partial charge is 0.226 e. The van der Waals surface area contributed by atoms with E-state index in [1.165, 1.54) is 17.3 Å². The fourth-order valence-electron chi connectivity index (χ4n) is 2.89. The summed E-state index contributed by atoms with van der Waals surface area (Å²) < 4.78 is 7.42. The second-order valence-electron chi connectivity index (χ2n) is 6.41. The zero-order valence-corrected chi connectivity index (χ0v) is 16.2. The second kappa shape index (κ2) is 7.36. The third-order valence-corrected chi connectivity index (χ3v) is 5.24. The van der Waals surface area contributed by atoms with Gasteiger partial charge in [0.25, 0.3) is 0 Å². The summed E-state index contributed by atoms with van der Waals surface area (Å²) in [5.41, 5.74) is 6.31. The molecule has 0 unspecified atom stereocenters. The van der Waals surface area contributed by atoms with E-state index in [2.05, 4.69) is 53.4 Å². The number of aryl methyl sites for hydroxylation is 3. The standard InChI is InChI=1S/C20H19N5OS/c1-13-7-9-16(10-8-13)19-21-17(11-26-19)12-27-20-22-23-24-25(20)18-14(2)5-4-6-15(18)3/h4-11H,12H2,1-3H3. The van der Waals surface area contributed by atoms with E-state index in [1.54, 1.807) is 10.9 Å². The summed E-state index contributed by atoms with van der Waals surface area (Å²) in [6.45, 7) is 6.18. The molecular weight excluding hydrogens is 358 g/mol. The van der Waals surface area contributed by atoms with Gasteiger partial charge >= 0.3 is 0 Å². The Kier molecular flexibility index (Phi) is 4.77. The van der Waals surface area contributed by atoms with E-state index < -0.39 is 0 Å². The van der Waals surface area contributed by atoms with Gasteiger partial charge in [-0.05, 0) is 54.5 Å². The molecule has 0 N–H and O–H groups in total. The van der Waals surface area contributed by atoms with Gasteiger partial charge in [0.2, 0.25) is 11.0 Å². The summed E-state index contributed by atoms with van der Waals surface area (Å²) in [5.74, 6) is 1.25. The van der Waals surface area contributed by atoms with E-state index >= 15 is 0 Å². The lowest BCUT2D eigenvalue weighted by Crippen LogP contribution is -2.04. The molecule has 4 rings (SSSR count). The second-order valence-corrected chi connectivity index (χ2v) is 7.35. The first kappa shape index (κ1) is 17.5. The van der Waals surface area contributed by atoms with Crippen LogP contribution in [0.5, 0.6) is 0 Å². The van der Waals surface area contributed by atoms with Gasteiger partial charge in [-0.1, -0.05) is 47.7 Å². The molecule has 0 radical (unpaired) electrons. The Morgan fingerprint density at radius 2 is 1.74 bits per heavy atom. The zero-order chi connectivity index (χ0) is 18.8. The van der Waals surface area contributed by atoms with Crippen LogP contribution in [0.3, 0.4) is 0 Å². The minimum absolute atomic E-state index is 0.625. The SMILES string of the molecule is Cc1ccc(-c2nc(CSc3nnnn3-c3c(C)cccc3C)co2)cc1. The van der Waals surface area contributed by atoms with Gasteiger partial charge in [-0.3, -0.25) is 0 Å². The Morgan fingerprint density at radius 3 is 2.48 bits per heavy atom. The van der Waals surface area contributed by atoms with Gasteiger partial charge in [-0.15, -0.1) is 5.10 Å². The van der Waals surface area contributed by atoms with Crippen molar-refractivity contribution in [1.29, 1.82) is 0 Å². The Bertz CT molecular complexity index is 1050. The molecule has 136 valence electrons. The van der Waals surface area contributed by atoms with Crippen LogP contribution in [0, 0.1) is 20.8 Å². The molecule has 4 aromatic rings. The quantitative estimate of drug-likeness (QED) is 0.476. The van der Waals surface area contributed by atoms with Crippen molar-refractivity contribution in [3.05, 3.63) is 71.1 Å². The highest BCUT2D eigenvalue weighted by Gasteiger charge is 2.14. The summed E-state index contributed by atoms with van der Waals surface area (Å²) in [4.78, 5) is 4.58. The van der Waals surface area contributed by atoms with Gasteiger partial charge in [0.15, 0.2) is 0 Å². The first-order valence-corrected chi connectivity index (χ1v) is 9.59. The van der Waals surface area contributed by atoms with Gasteiger partial charge in [-0.2, -0.15) is 4.68 Å². The lowest BCUT2D eigenvalue weighted by Gasteiger charge is -2.10. The number of aromatic nitrogens is 5. The zero-order valence-electron chi connectivity index (χ0n) is 15.4. The molecule has 27 heavy (non-hydrogen) atoms. The minimum Gasteiger partial charge on any atom is -0.444 e. The van der Waals surface area contributed by atoms with E-state index in [4.69, 9.17) is 4.42 Å². The molecule has 0 amide bonds. The van der Waals surface area contributed by atoms with Crippen LogP contribution in [0.4, 0.5) is 0 Å². The lowest BCUT2D eigenvalue weighted by molar-refractivity contribution is 0.573. The molecule has 0 saturated heterocycles. The third kappa shape index (κ3) is 3.64. The molecule has 2 aromatic heterocycles. The summed E-state index contributed by atoms with van der Waals surface area (Å²) in [6, 6.07) is 14.3. The number of para-hydroxylation sites is 1. The summed E-state index contributed by atoms with van der Waals surface area (Å²) in [5, 5.41) is 12.9. The van der Waals surface area contributed by atoms with Crippen molar-refractivity contribution in [1.82, 2.24) is 25.2 Å². The molecule has 7 heteroatoms. The number of nitrogens with zero attached hydrogens (tertiary/aromatic N) is 5. The molecule has 0 aliphatic carbocycles. The normalized spacial score (nSPS) is 11.1. The molecule has 0 aliphatic heterocycles. The van der Waals surface area contributed by atoms with Crippen molar-refractivity contribution >= 4 is 11.8 Å². The molecule has 0 bridgehead atoms. The average Bonchev–Trinajstić information content (AvgIpc) is 3.30. The maximum Gasteiger partial charge on any atom is 0.226 e. The first-order valence-electron chi connectivity index (χ1n) is 8.61. The molecule has 0 spiro atoms. The van der Waals surface area contributed by atoms with E-state index in [-0.39, 0.29) is 0 Å². The molecule has 0 aliphatic rings. The molecule has 2 heterocycles. The van der Waals surface area contributed by atoms with Crippen LogP contribution in [0.25, 0.3) is 17.1 Å². The monoisotopic (exact) mass is 377 g/mol. The minimum atomic E-state index is 0.625. The highest BCUT2D eigenvalue weighted by Crippen LogP contribution is 2.27. The number of tetrazole rings is 1. The summed E-state index contributed by atoms with van der Waals surface area (Å²) >= 11 is 1.53. The number of thioether (sulfide) groups is 1. The fourth-order valence-corrected chi connectivity index (χ4v) is 3.64. The van der Waals surface area contributed by atoms with E-state index in [1.807, 2.05) is 30.3 Å². The van der Waals surface area contributed by atoms with Crippen LogP contribution in [0.1, 0.15) is 22.4 Å². The van der Waals surface area contributed by atoms with Crippen LogP contribution in [-0.2, 0) is 5.75 Å². The number of benzene rings is 2. The van der Waals surface area contributed by atoms with Crippen molar-refractivity contribution < 1.29 is 4.42 Å². The molecule has 0 fully saturated rings. The Morgan fingerprint density at radius 1 is 1.00 bits per heavy atom. The van der Waals surface area contributed by atoms with Gasteiger partial charge in [0, 0.05) is 11.3 Å². The fraction of sp³-hybridized carbons (Fsp3) is 0.200. The Labute approximate surface area is 161 Å². The lowest BCUT2D eigenvalue weighted by atomic mass is 10.1. The number of oxazole rings is 1. The van der Waals surface area contributed by atoms with Crippen LogP contribution >= 0.6 is 11.8 Å². The summed E-state index contributed by atoms with van der Waals surface area (Å²) in [6.07, 6.45) is 1.69. The molecule has 0 saturated carbocycles. The predicted molar refractivity (Wildman–Crippen MR) is 105 cm³/mol. The number of hydrogen-bond acceptors (Lipinski definition) is 6. The van der Waals surface area contributed by atoms with E-state index in [0.717, 1.165) is 33.2 Å². The highest BCUT2D eigenvalue weighted by molar-refractivity contribution is 7.98. The van der Waals surface area contributed by atoms with Crippen molar-refractivity contribution in [2.45, 2.75) is 31.7 Å². The van der Waals surface area contributed by atoms with Crippen molar-refractivity contribution in [3.8, 4) is 17.1 Å². The van der Waals surface area contributed by atoms with Crippen LogP contribution in [0.15, 0.2) is 58.3 Å². The number of rotatable bonds is 5. The predicted octanol–water partition coefficient (Wildman–Crippen LogP) is 4.53. The molecule has 6 nitrogen and oxygen atoms in total. The maximum absolute atomic E-state index is 5.63. The van der Waals surface area contributed by atoms with E-state index in [0.29, 0.717) is 11.6 Å². The van der Waals surface area contributed by atoms with Crippen LogP contribution in [-0.4, -0.2) is 25.2 Å². The molecular formula is C20H19N5OS. The van der Waals surface area contributed by atoms with Gasteiger partial charge in [-0.25, -0.2) is 4.98 Å². The van der Waals surface area contributed by atoms with Crippen molar-refractivity contribution in [3.63, 3.8) is 0 Å². The van der Waals surface area contributed by atoms with Crippen molar-refractivity contribution in [2.24, 2.45) is 0 Å². The van der Waals surface area contributed by atoms with Gasteiger partial charge in [0.1, 0.15) is 6.26 Å². The topological polar surface area (TPSA) is 69.6 Å². The first-order chi connectivity index (χ1) is 13.1. The Balaban J connectivity index is 1.52. The van der Waals surface area contributed by atoms with Gasteiger partial charge < -0.3 is 4.42 Å². The average molecular weight is 377 g/mol. The molecule has 2 aromatic carbocycles. The van der Waals surface area contributed by atoms with Crippen LogP contribution < -0.4 is 0 Å². The third-order valence-electron chi connectivity index (χ3n) is 4.29. The molecule has 0 atom stereocenters. The largest absolute Gasteiger partial charge is 0.444 e. The maximum atomic E-state index is 5.63.